The highest BCUT2D eigenvalue weighted by Gasteiger charge is 2.36. The quantitative estimate of drug-likeness (QED) is 0.824. The molecule has 0 saturated heterocycles. The van der Waals surface area contributed by atoms with Gasteiger partial charge >= 0.3 is 5.97 Å². The first-order valence-corrected chi connectivity index (χ1v) is 6.07. The minimum atomic E-state index is -0.711. The van der Waals surface area contributed by atoms with E-state index in [2.05, 4.69) is 0 Å². The van der Waals surface area contributed by atoms with Crippen molar-refractivity contribution in [2.24, 2.45) is 5.92 Å². The van der Waals surface area contributed by atoms with Crippen LogP contribution in [0, 0.1) is 5.92 Å². The fraction of sp³-hybridized carbons (Fsp3) is 0.364. The molecule has 1 aromatic rings. The molecule has 0 aliphatic heterocycles. The number of hydrogen-bond acceptors (Lipinski definition) is 2. The van der Waals surface area contributed by atoms with Crippen LogP contribution in [0.2, 0.25) is 5.02 Å². The Balaban J connectivity index is 2.05. The largest absolute Gasteiger partial charge is 0.480 e. The highest BCUT2D eigenvalue weighted by atomic mass is 35.5. The molecule has 1 N–H and O–H groups in total. The summed E-state index contributed by atoms with van der Waals surface area (Å²) in [5.41, 5.74) is 0. The molecule has 1 aliphatic carbocycles. The third-order valence-corrected chi connectivity index (χ3v) is 4.01. The number of benzene rings is 1. The highest BCUT2D eigenvalue weighted by molar-refractivity contribution is 8.00. The molecular weight excluding hydrogens is 232 g/mol. The first-order chi connectivity index (χ1) is 7.16. The summed E-state index contributed by atoms with van der Waals surface area (Å²) < 4.78 is 0. The standard InChI is InChI=1S/C11H11ClO2S/c12-8-3-5-9(6-4-8)15-10(11(13)14)7-1-2-7/h3-7,10H,1-2H2,(H,13,14). The van der Waals surface area contributed by atoms with Crippen LogP contribution in [-0.2, 0) is 4.79 Å². The van der Waals surface area contributed by atoms with Gasteiger partial charge in [0.1, 0.15) is 5.25 Å². The molecule has 1 atom stereocenters. The fourth-order valence-electron chi connectivity index (χ4n) is 1.41. The molecule has 2 rings (SSSR count). The second kappa shape index (κ2) is 4.45. The lowest BCUT2D eigenvalue weighted by Gasteiger charge is -2.10. The van der Waals surface area contributed by atoms with Gasteiger partial charge in [-0.15, -0.1) is 11.8 Å². The molecule has 0 radical (unpaired) electrons. The van der Waals surface area contributed by atoms with Gasteiger partial charge in [-0.2, -0.15) is 0 Å². The summed E-state index contributed by atoms with van der Waals surface area (Å²) in [6, 6.07) is 7.31. The minimum absolute atomic E-state index is 0.300. The first kappa shape index (κ1) is 10.8. The van der Waals surface area contributed by atoms with Crippen molar-refractivity contribution in [1.29, 1.82) is 0 Å². The Morgan fingerprint density at radius 3 is 2.47 bits per heavy atom. The van der Waals surface area contributed by atoms with Crippen LogP contribution < -0.4 is 0 Å². The van der Waals surface area contributed by atoms with E-state index in [0.717, 1.165) is 17.7 Å². The second-order valence-corrected chi connectivity index (χ2v) is 5.32. The first-order valence-electron chi connectivity index (χ1n) is 4.82. The number of carboxylic acids is 1. The molecule has 4 heteroatoms. The van der Waals surface area contributed by atoms with Gasteiger partial charge in [0.25, 0.3) is 0 Å². The van der Waals surface area contributed by atoms with Crippen molar-refractivity contribution < 1.29 is 9.90 Å². The molecule has 1 unspecified atom stereocenters. The average Bonchev–Trinajstić information content (AvgIpc) is 3.00. The van der Waals surface area contributed by atoms with E-state index in [1.165, 1.54) is 11.8 Å². The van der Waals surface area contributed by atoms with Gasteiger partial charge < -0.3 is 5.11 Å². The van der Waals surface area contributed by atoms with Crippen LogP contribution in [0.5, 0.6) is 0 Å². The van der Waals surface area contributed by atoms with Gasteiger partial charge in [0.15, 0.2) is 0 Å². The van der Waals surface area contributed by atoms with E-state index in [-0.39, 0.29) is 5.25 Å². The Morgan fingerprint density at radius 2 is 2.00 bits per heavy atom. The summed E-state index contributed by atoms with van der Waals surface area (Å²) >= 11 is 7.18. The lowest BCUT2D eigenvalue weighted by atomic mass is 10.3. The maximum absolute atomic E-state index is 11.0. The van der Waals surface area contributed by atoms with Crippen LogP contribution in [0.4, 0.5) is 0 Å². The number of rotatable bonds is 4. The Bertz CT molecular complexity index is 359. The van der Waals surface area contributed by atoms with Crippen molar-refractivity contribution in [3.8, 4) is 0 Å². The topological polar surface area (TPSA) is 37.3 Å². The molecule has 0 heterocycles. The predicted octanol–water partition coefficient (Wildman–Crippen LogP) is 3.30. The van der Waals surface area contributed by atoms with E-state index in [1.54, 1.807) is 12.1 Å². The predicted molar refractivity (Wildman–Crippen MR) is 61.5 cm³/mol. The van der Waals surface area contributed by atoms with Crippen molar-refractivity contribution in [3.63, 3.8) is 0 Å². The van der Waals surface area contributed by atoms with Crippen molar-refractivity contribution in [2.75, 3.05) is 0 Å². The molecule has 0 bridgehead atoms. The SMILES string of the molecule is O=C(O)C(Sc1ccc(Cl)cc1)C1CC1. The van der Waals surface area contributed by atoms with Crippen LogP contribution in [0.3, 0.4) is 0 Å². The Morgan fingerprint density at radius 1 is 1.40 bits per heavy atom. The zero-order valence-corrected chi connectivity index (χ0v) is 9.59. The Kier molecular flexibility index (Phi) is 3.22. The van der Waals surface area contributed by atoms with E-state index in [9.17, 15) is 4.79 Å². The van der Waals surface area contributed by atoms with Crippen LogP contribution >= 0.6 is 23.4 Å². The molecular formula is C11H11ClO2S. The van der Waals surface area contributed by atoms with Crippen LogP contribution in [0.15, 0.2) is 29.2 Å². The normalized spacial score (nSPS) is 17.4. The third kappa shape index (κ3) is 2.89. The van der Waals surface area contributed by atoms with Crippen molar-refractivity contribution in [1.82, 2.24) is 0 Å². The molecule has 1 aromatic carbocycles. The number of hydrogen-bond donors (Lipinski definition) is 1. The van der Waals surface area contributed by atoms with Gasteiger partial charge in [-0.1, -0.05) is 11.6 Å². The number of aliphatic carboxylic acids is 1. The lowest BCUT2D eigenvalue weighted by molar-refractivity contribution is -0.136. The van der Waals surface area contributed by atoms with Crippen LogP contribution in [-0.4, -0.2) is 16.3 Å². The van der Waals surface area contributed by atoms with Crippen molar-refractivity contribution in [3.05, 3.63) is 29.3 Å². The molecule has 2 nitrogen and oxygen atoms in total. The Labute approximate surface area is 97.6 Å². The van der Waals surface area contributed by atoms with Crippen molar-refractivity contribution in [2.45, 2.75) is 23.0 Å². The highest BCUT2D eigenvalue weighted by Crippen LogP contribution is 2.41. The zero-order valence-electron chi connectivity index (χ0n) is 8.02. The molecule has 1 saturated carbocycles. The van der Waals surface area contributed by atoms with Crippen molar-refractivity contribution >= 4 is 29.3 Å². The summed E-state index contributed by atoms with van der Waals surface area (Å²) in [7, 11) is 0. The maximum Gasteiger partial charge on any atom is 0.317 e. The molecule has 1 aliphatic rings. The molecule has 0 aromatic heterocycles. The summed E-state index contributed by atoms with van der Waals surface area (Å²) in [6.07, 6.45) is 2.08. The summed E-state index contributed by atoms with van der Waals surface area (Å²) in [5, 5.41) is 9.43. The van der Waals surface area contributed by atoms with Crippen LogP contribution in [0.25, 0.3) is 0 Å². The van der Waals surface area contributed by atoms with Gasteiger partial charge in [0.2, 0.25) is 0 Å². The van der Waals surface area contributed by atoms with E-state index in [0.29, 0.717) is 10.9 Å². The molecule has 1 fully saturated rings. The van der Waals surface area contributed by atoms with Gasteiger partial charge in [0, 0.05) is 9.92 Å². The summed E-state index contributed by atoms with van der Waals surface area (Å²) in [6.45, 7) is 0. The monoisotopic (exact) mass is 242 g/mol. The maximum atomic E-state index is 11.0. The third-order valence-electron chi connectivity index (χ3n) is 2.37. The number of carbonyl (C=O) groups is 1. The Hall–Kier alpha value is -0.670. The summed E-state index contributed by atoms with van der Waals surface area (Å²) in [5.74, 6) is -0.361. The molecule has 0 amide bonds. The number of halogens is 1. The lowest BCUT2D eigenvalue weighted by Crippen LogP contribution is -2.18. The zero-order chi connectivity index (χ0) is 10.8. The number of thioether (sulfide) groups is 1. The average molecular weight is 243 g/mol. The van der Waals surface area contributed by atoms with E-state index >= 15 is 0 Å². The minimum Gasteiger partial charge on any atom is -0.480 e. The van der Waals surface area contributed by atoms with Crippen LogP contribution in [0.1, 0.15) is 12.8 Å². The van der Waals surface area contributed by atoms with E-state index in [4.69, 9.17) is 16.7 Å². The fourth-order valence-corrected chi connectivity index (χ4v) is 2.68. The second-order valence-electron chi connectivity index (χ2n) is 3.67. The number of carboxylic acid groups (broad SMARTS) is 1. The van der Waals surface area contributed by atoms with E-state index < -0.39 is 5.97 Å². The summed E-state index contributed by atoms with van der Waals surface area (Å²) in [4.78, 5) is 12.0. The van der Waals surface area contributed by atoms with Gasteiger partial charge in [-0.05, 0) is 43.0 Å². The van der Waals surface area contributed by atoms with E-state index in [1.807, 2.05) is 12.1 Å². The molecule has 0 spiro atoms. The molecule has 15 heavy (non-hydrogen) atoms. The molecule has 80 valence electrons. The van der Waals surface area contributed by atoms with Gasteiger partial charge in [-0.25, -0.2) is 0 Å². The van der Waals surface area contributed by atoms with Gasteiger partial charge in [0.05, 0.1) is 0 Å². The van der Waals surface area contributed by atoms with Gasteiger partial charge in [-0.3, -0.25) is 4.79 Å². The smallest absolute Gasteiger partial charge is 0.317 e.